The van der Waals surface area contributed by atoms with E-state index in [0.717, 1.165) is 32.2 Å². The van der Waals surface area contributed by atoms with Gasteiger partial charge in [-0.15, -0.1) is 0 Å². The van der Waals surface area contributed by atoms with Crippen molar-refractivity contribution in [2.75, 3.05) is 13.2 Å². The Morgan fingerprint density at radius 2 is 2.00 bits per heavy atom. The van der Waals surface area contributed by atoms with Gasteiger partial charge >= 0.3 is 0 Å². The second-order valence-electron chi connectivity index (χ2n) is 4.49. The number of unbranched alkanes of at least 4 members (excludes halogenated alkanes) is 3. The zero-order valence-electron chi connectivity index (χ0n) is 11.0. The number of rotatable bonds is 9. The average molecular weight is 268 g/mol. The van der Waals surface area contributed by atoms with Crippen LogP contribution in [0, 0.1) is 5.82 Å². The van der Waals surface area contributed by atoms with E-state index in [9.17, 15) is 9.18 Å². The van der Waals surface area contributed by atoms with Crippen LogP contribution in [-0.4, -0.2) is 24.2 Å². The lowest BCUT2D eigenvalue weighted by Crippen LogP contribution is -2.17. The van der Waals surface area contributed by atoms with Crippen molar-refractivity contribution in [3.05, 3.63) is 35.1 Å². The van der Waals surface area contributed by atoms with E-state index in [0.29, 0.717) is 17.7 Å². The topological polar surface area (TPSA) is 75.4 Å². The van der Waals surface area contributed by atoms with Crippen LogP contribution >= 0.6 is 0 Å². The van der Waals surface area contributed by atoms with Gasteiger partial charge in [-0.1, -0.05) is 12.8 Å². The molecule has 0 atom stereocenters. The Kier molecular flexibility index (Phi) is 7.07. The van der Waals surface area contributed by atoms with Crippen LogP contribution in [0.3, 0.4) is 0 Å². The van der Waals surface area contributed by atoms with E-state index < -0.39 is 5.91 Å². The monoisotopic (exact) mass is 268 g/mol. The molecule has 19 heavy (non-hydrogen) atoms. The van der Waals surface area contributed by atoms with E-state index >= 15 is 0 Å². The highest BCUT2D eigenvalue weighted by Gasteiger charge is 2.06. The van der Waals surface area contributed by atoms with E-state index in [2.05, 4.69) is 5.32 Å². The highest BCUT2D eigenvalue weighted by molar-refractivity contribution is 5.92. The van der Waals surface area contributed by atoms with Gasteiger partial charge in [0.05, 0.1) is 0 Å². The van der Waals surface area contributed by atoms with Gasteiger partial charge in [-0.25, -0.2) is 4.39 Å². The summed E-state index contributed by atoms with van der Waals surface area (Å²) < 4.78 is 13.5. The molecule has 0 heterocycles. The number of hydrogen-bond acceptors (Lipinski definition) is 3. The predicted octanol–water partition coefficient (Wildman–Crippen LogP) is 1.57. The van der Waals surface area contributed by atoms with Gasteiger partial charge in [0.25, 0.3) is 0 Å². The molecule has 0 saturated heterocycles. The van der Waals surface area contributed by atoms with Gasteiger partial charge in [-0.2, -0.15) is 0 Å². The molecule has 5 heteroatoms. The van der Waals surface area contributed by atoms with Crippen molar-refractivity contribution in [2.45, 2.75) is 32.2 Å². The van der Waals surface area contributed by atoms with Crippen molar-refractivity contribution < 1.29 is 14.3 Å². The maximum atomic E-state index is 13.5. The van der Waals surface area contributed by atoms with Crippen molar-refractivity contribution in [2.24, 2.45) is 5.73 Å². The number of carbonyl (C=O) groups excluding carboxylic acids is 1. The van der Waals surface area contributed by atoms with Crippen LogP contribution in [0.25, 0.3) is 0 Å². The summed E-state index contributed by atoms with van der Waals surface area (Å²) >= 11 is 0. The number of halogens is 1. The first kappa shape index (κ1) is 15.6. The first-order chi connectivity index (χ1) is 9.15. The molecule has 1 aromatic carbocycles. The zero-order valence-corrected chi connectivity index (χ0v) is 11.0. The van der Waals surface area contributed by atoms with Gasteiger partial charge in [0.15, 0.2) is 0 Å². The standard InChI is InChI=1S/C14H21FN2O2/c15-13-6-5-11(14(16)19)9-12(13)10-17-7-3-1-2-4-8-18/h5-6,9,17-18H,1-4,7-8,10H2,(H2,16,19). The summed E-state index contributed by atoms with van der Waals surface area (Å²) in [5.41, 5.74) is 5.92. The SMILES string of the molecule is NC(=O)c1ccc(F)c(CNCCCCCCO)c1. The summed E-state index contributed by atoms with van der Waals surface area (Å²) in [6.07, 6.45) is 3.85. The maximum absolute atomic E-state index is 13.5. The molecule has 0 saturated carbocycles. The number of nitrogens with one attached hydrogen (secondary N) is 1. The molecule has 106 valence electrons. The molecule has 4 nitrogen and oxygen atoms in total. The summed E-state index contributed by atoms with van der Waals surface area (Å²) in [4.78, 5) is 11.0. The van der Waals surface area contributed by atoms with Crippen LogP contribution in [0.2, 0.25) is 0 Å². The largest absolute Gasteiger partial charge is 0.396 e. The smallest absolute Gasteiger partial charge is 0.248 e. The first-order valence-corrected chi connectivity index (χ1v) is 6.55. The van der Waals surface area contributed by atoms with Crippen LogP contribution in [0.1, 0.15) is 41.6 Å². The van der Waals surface area contributed by atoms with Crippen molar-refractivity contribution in [3.63, 3.8) is 0 Å². The summed E-state index contributed by atoms with van der Waals surface area (Å²) in [5.74, 6) is -0.886. The van der Waals surface area contributed by atoms with Crippen LogP contribution in [0.5, 0.6) is 0 Å². The summed E-state index contributed by atoms with van der Waals surface area (Å²) in [6.45, 7) is 1.40. The van der Waals surface area contributed by atoms with Gasteiger partial charge in [0.2, 0.25) is 5.91 Å². The molecule has 0 spiro atoms. The second-order valence-corrected chi connectivity index (χ2v) is 4.49. The van der Waals surface area contributed by atoms with Crippen LogP contribution in [0.4, 0.5) is 4.39 Å². The molecule has 0 aliphatic heterocycles. The number of primary amides is 1. The van der Waals surface area contributed by atoms with Crippen molar-refractivity contribution in [1.29, 1.82) is 0 Å². The van der Waals surface area contributed by atoms with Crippen LogP contribution in [-0.2, 0) is 6.54 Å². The molecule has 0 bridgehead atoms. The molecule has 1 amide bonds. The Morgan fingerprint density at radius 3 is 2.68 bits per heavy atom. The Hall–Kier alpha value is -1.46. The van der Waals surface area contributed by atoms with Crippen LogP contribution < -0.4 is 11.1 Å². The predicted molar refractivity (Wildman–Crippen MR) is 72.2 cm³/mol. The Balaban J connectivity index is 2.32. The third-order valence-corrected chi connectivity index (χ3v) is 2.91. The highest BCUT2D eigenvalue weighted by atomic mass is 19.1. The zero-order chi connectivity index (χ0) is 14.1. The second kappa shape index (κ2) is 8.61. The lowest BCUT2D eigenvalue weighted by Gasteiger charge is -2.07. The Morgan fingerprint density at radius 1 is 1.26 bits per heavy atom. The quantitative estimate of drug-likeness (QED) is 0.595. The number of hydrogen-bond donors (Lipinski definition) is 3. The van der Waals surface area contributed by atoms with E-state index in [4.69, 9.17) is 10.8 Å². The number of nitrogens with two attached hydrogens (primary N) is 1. The fourth-order valence-electron chi connectivity index (χ4n) is 1.80. The summed E-state index contributed by atoms with van der Waals surface area (Å²) in [5, 5.41) is 11.8. The Bertz CT molecular complexity index is 410. The Labute approximate surface area is 112 Å². The molecule has 1 rings (SSSR count). The minimum atomic E-state index is -0.551. The van der Waals surface area contributed by atoms with E-state index in [1.54, 1.807) is 0 Å². The molecule has 0 aliphatic carbocycles. The molecule has 0 unspecified atom stereocenters. The maximum Gasteiger partial charge on any atom is 0.248 e. The molecular formula is C14H21FN2O2. The van der Waals surface area contributed by atoms with Gasteiger partial charge in [0, 0.05) is 24.3 Å². The number of aliphatic hydroxyl groups is 1. The number of aliphatic hydroxyl groups excluding tert-OH is 1. The number of amides is 1. The number of benzene rings is 1. The molecule has 1 aromatic rings. The van der Waals surface area contributed by atoms with E-state index in [-0.39, 0.29) is 12.4 Å². The average Bonchev–Trinajstić information content (AvgIpc) is 2.39. The van der Waals surface area contributed by atoms with Crippen molar-refractivity contribution >= 4 is 5.91 Å². The fourth-order valence-corrected chi connectivity index (χ4v) is 1.80. The van der Waals surface area contributed by atoms with E-state index in [1.165, 1.54) is 18.2 Å². The molecule has 4 N–H and O–H groups in total. The summed E-state index contributed by atoms with van der Waals surface area (Å²) in [7, 11) is 0. The lowest BCUT2D eigenvalue weighted by molar-refractivity contribution is 0.1000. The molecule has 0 fully saturated rings. The highest BCUT2D eigenvalue weighted by Crippen LogP contribution is 2.10. The summed E-state index contributed by atoms with van der Waals surface area (Å²) in [6, 6.07) is 4.13. The fraction of sp³-hybridized carbons (Fsp3) is 0.500. The van der Waals surface area contributed by atoms with E-state index in [1.807, 2.05) is 0 Å². The van der Waals surface area contributed by atoms with Crippen molar-refractivity contribution in [3.8, 4) is 0 Å². The molecule has 0 aromatic heterocycles. The lowest BCUT2D eigenvalue weighted by atomic mass is 10.1. The molecular weight excluding hydrogens is 247 g/mol. The minimum Gasteiger partial charge on any atom is -0.396 e. The normalized spacial score (nSPS) is 10.6. The number of carbonyl (C=O) groups is 1. The van der Waals surface area contributed by atoms with Gasteiger partial charge < -0.3 is 16.2 Å². The van der Waals surface area contributed by atoms with Gasteiger partial charge in [-0.05, 0) is 37.6 Å². The third kappa shape index (κ3) is 5.81. The van der Waals surface area contributed by atoms with Gasteiger partial charge in [0.1, 0.15) is 5.82 Å². The minimum absolute atomic E-state index is 0.235. The first-order valence-electron chi connectivity index (χ1n) is 6.55. The van der Waals surface area contributed by atoms with Crippen LogP contribution in [0.15, 0.2) is 18.2 Å². The molecule has 0 radical (unpaired) electrons. The van der Waals surface area contributed by atoms with Crippen molar-refractivity contribution in [1.82, 2.24) is 5.32 Å². The molecule has 0 aliphatic rings. The third-order valence-electron chi connectivity index (χ3n) is 2.91. The van der Waals surface area contributed by atoms with Gasteiger partial charge in [-0.3, -0.25) is 4.79 Å².